The summed E-state index contributed by atoms with van der Waals surface area (Å²) in [4.78, 5) is 17.2. The van der Waals surface area contributed by atoms with Crippen molar-refractivity contribution in [2.75, 3.05) is 26.2 Å². The highest BCUT2D eigenvalue weighted by molar-refractivity contribution is 7.89. The summed E-state index contributed by atoms with van der Waals surface area (Å²) in [6, 6.07) is 9.23. The molecule has 0 unspecified atom stereocenters. The molecule has 2 aromatic rings. The average molecular weight is 439 g/mol. The molecule has 0 spiro atoms. The van der Waals surface area contributed by atoms with Gasteiger partial charge in [0.05, 0.1) is 10.3 Å². The van der Waals surface area contributed by atoms with Crippen LogP contribution in [0.1, 0.15) is 28.2 Å². The third-order valence-corrected chi connectivity index (χ3v) is 9.07. The molecular weight excluding hydrogens is 416 g/mol. The second-order valence-corrected chi connectivity index (χ2v) is 11.4. The summed E-state index contributed by atoms with van der Waals surface area (Å²) < 4.78 is 27.5. The molecule has 1 aromatic heterocycles. The molecule has 2 heterocycles. The lowest BCUT2D eigenvalue weighted by atomic mass is 9.94. The van der Waals surface area contributed by atoms with Crippen LogP contribution in [0.4, 0.5) is 0 Å². The van der Waals surface area contributed by atoms with Crippen LogP contribution in [-0.2, 0) is 20.2 Å². The molecular formula is C20H23ClN2O3S2. The first-order chi connectivity index (χ1) is 13.2. The molecule has 0 N–H and O–H groups in total. The van der Waals surface area contributed by atoms with Crippen LogP contribution in [0, 0.1) is 13.8 Å². The summed E-state index contributed by atoms with van der Waals surface area (Å²) in [7, 11) is -3.51. The molecule has 1 saturated heterocycles. The van der Waals surface area contributed by atoms with E-state index in [1.54, 1.807) is 6.07 Å². The molecule has 5 nitrogen and oxygen atoms in total. The van der Waals surface area contributed by atoms with Gasteiger partial charge >= 0.3 is 0 Å². The van der Waals surface area contributed by atoms with Crippen LogP contribution in [0.2, 0.25) is 5.02 Å². The zero-order chi connectivity index (χ0) is 20.1. The van der Waals surface area contributed by atoms with Crippen LogP contribution >= 0.6 is 22.9 Å². The molecule has 2 aliphatic rings. The van der Waals surface area contributed by atoms with Crippen molar-refractivity contribution in [3.8, 4) is 0 Å². The van der Waals surface area contributed by atoms with Gasteiger partial charge in [0.1, 0.15) is 0 Å². The molecule has 0 atom stereocenters. The number of piperazine rings is 1. The maximum absolute atomic E-state index is 13.2. The fraction of sp³-hybridized carbons (Fsp3) is 0.450. The van der Waals surface area contributed by atoms with Gasteiger partial charge in [0.25, 0.3) is 0 Å². The number of hydrogen-bond donors (Lipinski definition) is 0. The molecule has 150 valence electrons. The largest absolute Gasteiger partial charge is 0.339 e. The first-order valence-electron chi connectivity index (χ1n) is 9.37. The Kier molecular flexibility index (Phi) is 5.06. The fourth-order valence-electron chi connectivity index (χ4n) is 3.96. The molecule has 2 fully saturated rings. The van der Waals surface area contributed by atoms with E-state index in [0.29, 0.717) is 36.1 Å². The van der Waals surface area contributed by atoms with E-state index in [-0.39, 0.29) is 5.91 Å². The van der Waals surface area contributed by atoms with E-state index >= 15 is 0 Å². The van der Waals surface area contributed by atoms with Crippen molar-refractivity contribution in [3.63, 3.8) is 0 Å². The number of nitrogens with zero attached hydrogens (tertiary/aromatic N) is 2. The summed E-state index contributed by atoms with van der Waals surface area (Å²) in [6.45, 7) is 5.27. The van der Waals surface area contributed by atoms with Crippen molar-refractivity contribution in [3.05, 3.63) is 50.7 Å². The Morgan fingerprint density at radius 2 is 1.68 bits per heavy atom. The van der Waals surface area contributed by atoms with Crippen LogP contribution in [0.5, 0.6) is 0 Å². The fourth-order valence-corrected chi connectivity index (χ4v) is 7.03. The van der Waals surface area contributed by atoms with Gasteiger partial charge in [-0.15, -0.1) is 11.3 Å². The predicted octanol–water partition coefficient (Wildman–Crippen LogP) is 3.58. The average Bonchev–Trinajstić information content (AvgIpc) is 3.40. The zero-order valence-electron chi connectivity index (χ0n) is 15.9. The van der Waals surface area contributed by atoms with Gasteiger partial charge in [0.2, 0.25) is 15.9 Å². The molecule has 8 heteroatoms. The molecule has 1 aliphatic carbocycles. The summed E-state index contributed by atoms with van der Waals surface area (Å²) in [5, 5.41) is 0.657. The Morgan fingerprint density at radius 1 is 1.07 bits per heavy atom. The SMILES string of the molecule is Cc1cc(S(=O)(=O)N2CCN(C(=O)C3(c4ccc(Cl)cc4)CC3)CC2)c(C)s1. The summed E-state index contributed by atoms with van der Waals surface area (Å²) in [5.41, 5.74) is 0.550. The Hall–Kier alpha value is -1.41. The monoisotopic (exact) mass is 438 g/mol. The third-order valence-electron chi connectivity index (χ3n) is 5.70. The molecule has 28 heavy (non-hydrogen) atoms. The summed E-state index contributed by atoms with van der Waals surface area (Å²) in [6.07, 6.45) is 1.67. The molecule has 1 saturated carbocycles. The van der Waals surface area contributed by atoms with Crippen LogP contribution in [0.3, 0.4) is 0 Å². The third kappa shape index (κ3) is 3.38. The Balaban J connectivity index is 1.46. The smallest absolute Gasteiger partial charge is 0.244 e. The Bertz CT molecular complexity index is 1000. The van der Waals surface area contributed by atoms with Crippen LogP contribution in [0.15, 0.2) is 35.2 Å². The van der Waals surface area contributed by atoms with E-state index in [2.05, 4.69) is 0 Å². The van der Waals surface area contributed by atoms with Crippen molar-refractivity contribution >= 4 is 38.9 Å². The molecule has 0 radical (unpaired) electrons. The highest BCUT2D eigenvalue weighted by Gasteiger charge is 2.53. The van der Waals surface area contributed by atoms with E-state index < -0.39 is 15.4 Å². The van der Waals surface area contributed by atoms with E-state index in [1.165, 1.54) is 15.6 Å². The van der Waals surface area contributed by atoms with E-state index in [0.717, 1.165) is 28.2 Å². The number of thiophene rings is 1. The number of sulfonamides is 1. The van der Waals surface area contributed by atoms with Crippen molar-refractivity contribution in [1.29, 1.82) is 0 Å². The Labute approximate surface area is 175 Å². The van der Waals surface area contributed by atoms with Gasteiger partial charge in [-0.25, -0.2) is 8.42 Å². The number of carbonyl (C=O) groups excluding carboxylic acids is 1. The van der Waals surface area contributed by atoms with Crippen LogP contribution < -0.4 is 0 Å². The lowest BCUT2D eigenvalue weighted by molar-refractivity contribution is -0.135. The minimum absolute atomic E-state index is 0.106. The molecule has 1 aromatic carbocycles. The summed E-state index contributed by atoms with van der Waals surface area (Å²) in [5.74, 6) is 0.106. The topological polar surface area (TPSA) is 57.7 Å². The van der Waals surface area contributed by atoms with Gasteiger partial charge < -0.3 is 4.90 Å². The van der Waals surface area contributed by atoms with Crippen LogP contribution in [-0.4, -0.2) is 49.7 Å². The number of amides is 1. The maximum Gasteiger partial charge on any atom is 0.244 e. The lowest BCUT2D eigenvalue weighted by Crippen LogP contribution is -2.52. The zero-order valence-corrected chi connectivity index (χ0v) is 18.3. The Morgan fingerprint density at radius 3 is 2.18 bits per heavy atom. The number of hydrogen-bond acceptors (Lipinski definition) is 4. The van der Waals surface area contributed by atoms with Gasteiger partial charge in [0, 0.05) is 41.0 Å². The van der Waals surface area contributed by atoms with Gasteiger partial charge in [-0.1, -0.05) is 23.7 Å². The highest BCUT2D eigenvalue weighted by Crippen LogP contribution is 2.50. The van der Waals surface area contributed by atoms with Crippen molar-refractivity contribution in [2.45, 2.75) is 37.0 Å². The quantitative estimate of drug-likeness (QED) is 0.733. The number of carbonyl (C=O) groups is 1. The first-order valence-corrected chi connectivity index (χ1v) is 12.0. The first kappa shape index (κ1) is 19.9. The molecule has 1 aliphatic heterocycles. The normalized spacial score (nSPS) is 19.6. The second-order valence-electron chi connectivity index (χ2n) is 7.56. The standard InChI is InChI=1S/C20H23ClN2O3S2/c1-14-13-18(15(2)27-14)28(25,26)23-11-9-22(10-12-23)19(24)20(7-8-20)16-3-5-17(21)6-4-16/h3-6,13H,7-12H2,1-2H3. The number of benzene rings is 1. The second kappa shape index (κ2) is 7.13. The van der Waals surface area contributed by atoms with Gasteiger partial charge in [-0.3, -0.25) is 4.79 Å². The minimum atomic E-state index is -3.51. The number of rotatable bonds is 4. The maximum atomic E-state index is 13.2. The molecule has 0 bridgehead atoms. The van der Waals surface area contributed by atoms with Crippen molar-refractivity contribution < 1.29 is 13.2 Å². The van der Waals surface area contributed by atoms with Crippen LogP contribution in [0.25, 0.3) is 0 Å². The van der Waals surface area contributed by atoms with Crippen molar-refractivity contribution in [1.82, 2.24) is 9.21 Å². The minimum Gasteiger partial charge on any atom is -0.339 e. The number of halogens is 1. The molecule has 4 rings (SSSR count). The molecule has 1 amide bonds. The number of aryl methyl sites for hydroxylation is 2. The van der Waals surface area contributed by atoms with Gasteiger partial charge in [-0.05, 0) is 50.5 Å². The predicted molar refractivity (Wildman–Crippen MR) is 111 cm³/mol. The summed E-state index contributed by atoms with van der Waals surface area (Å²) >= 11 is 7.47. The van der Waals surface area contributed by atoms with Gasteiger partial charge in [-0.2, -0.15) is 4.31 Å². The van der Waals surface area contributed by atoms with Crippen molar-refractivity contribution in [2.24, 2.45) is 0 Å². The lowest BCUT2D eigenvalue weighted by Gasteiger charge is -2.36. The highest BCUT2D eigenvalue weighted by atomic mass is 35.5. The van der Waals surface area contributed by atoms with E-state index in [4.69, 9.17) is 11.6 Å². The van der Waals surface area contributed by atoms with Gasteiger partial charge in [0.15, 0.2) is 0 Å². The van der Waals surface area contributed by atoms with E-state index in [9.17, 15) is 13.2 Å². The van der Waals surface area contributed by atoms with E-state index in [1.807, 2.05) is 43.0 Å².